The molecule has 1 fully saturated rings. The lowest BCUT2D eigenvalue weighted by molar-refractivity contribution is -0.385. The molecule has 2 aromatic carbocycles. The van der Waals surface area contributed by atoms with Crippen molar-refractivity contribution in [1.82, 2.24) is 4.90 Å². The van der Waals surface area contributed by atoms with E-state index in [1.54, 1.807) is 0 Å². The highest BCUT2D eigenvalue weighted by molar-refractivity contribution is 5.88. The van der Waals surface area contributed by atoms with Crippen molar-refractivity contribution in [1.29, 1.82) is 5.26 Å². The highest BCUT2D eigenvalue weighted by atomic mass is 16.6. The van der Waals surface area contributed by atoms with Gasteiger partial charge in [0, 0.05) is 55.7 Å². The molecule has 0 atom stereocenters. The first-order valence-electron chi connectivity index (χ1n) is 9.16. The van der Waals surface area contributed by atoms with Gasteiger partial charge in [0.1, 0.15) is 0 Å². The van der Waals surface area contributed by atoms with Gasteiger partial charge >= 0.3 is 5.97 Å². The van der Waals surface area contributed by atoms with Crippen LogP contribution < -0.4 is 10.2 Å². The minimum atomic E-state index is -1.20. The molecule has 0 unspecified atom stereocenters. The first-order valence-corrected chi connectivity index (χ1v) is 9.16. The van der Waals surface area contributed by atoms with Crippen LogP contribution in [-0.2, 0) is 6.54 Å². The number of anilines is 2. The highest BCUT2D eigenvalue weighted by Crippen LogP contribution is 2.24. The molecule has 0 saturated carbocycles. The van der Waals surface area contributed by atoms with Gasteiger partial charge in [-0.15, -0.1) is 0 Å². The summed E-state index contributed by atoms with van der Waals surface area (Å²) >= 11 is 0. The van der Waals surface area contributed by atoms with Crippen LogP contribution in [0.15, 0.2) is 42.5 Å². The summed E-state index contributed by atoms with van der Waals surface area (Å²) in [7, 11) is 0. The Morgan fingerprint density at radius 2 is 1.97 bits per heavy atom. The first kappa shape index (κ1) is 20.1. The molecule has 2 aromatic rings. The molecule has 1 saturated heterocycles. The number of carboxylic acids is 1. The number of benzene rings is 2. The standard InChI is InChI=1S/C20H21N5O4/c21-6-7-23-8-10-24(11-9-23)18-3-1-2-17(13-18)22-14-16-5-4-15(20(26)27)12-19(16)25(28)29/h1-5,12-13,22H,7-11,14H2,(H,26,27). The third-order valence-corrected chi connectivity index (χ3v) is 4.89. The second-order valence-electron chi connectivity index (χ2n) is 6.73. The third kappa shape index (κ3) is 5.00. The number of carboxylic acid groups (broad SMARTS) is 1. The Balaban J connectivity index is 1.68. The van der Waals surface area contributed by atoms with Gasteiger partial charge in [-0.2, -0.15) is 5.26 Å². The molecule has 0 aromatic heterocycles. The van der Waals surface area contributed by atoms with Crippen LogP contribution in [0.4, 0.5) is 17.1 Å². The fourth-order valence-electron chi connectivity index (χ4n) is 3.29. The number of aromatic carboxylic acids is 1. The van der Waals surface area contributed by atoms with Crippen molar-refractivity contribution < 1.29 is 14.8 Å². The Morgan fingerprint density at radius 3 is 2.62 bits per heavy atom. The summed E-state index contributed by atoms with van der Waals surface area (Å²) in [5.41, 5.74) is 1.94. The van der Waals surface area contributed by atoms with Crippen LogP contribution in [0.1, 0.15) is 15.9 Å². The van der Waals surface area contributed by atoms with Gasteiger partial charge in [-0.3, -0.25) is 15.0 Å². The summed E-state index contributed by atoms with van der Waals surface area (Å²) in [6.07, 6.45) is 0. The van der Waals surface area contributed by atoms with Gasteiger partial charge in [0.15, 0.2) is 0 Å². The number of nitro groups is 1. The van der Waals surface area contributed by atoms with Crippen molar-refractivity contribution in [3.05, 3.63) is 63.7 Å². The van der Waals surface area contributed by atoms with Crippen LogP contribution in [0.2, 0.25) is 0 Å². The van der Waals surface area contributed by atoms with Crippen molar-refractivity contribution in [3.8, 4) is 6.07 Å². The molecule has 150 valence electrons. The maximum atomic E-state index is 11.3. The van der Waals surface area contributed by atoms with E-state index >= 15 is 0 Å². The van der Waals surface area contributed by atoms with E-state index in [9.17, 15) is 14.9 Å². The fraction of sp³-hybridized carbons (Fsp3) is 0.300. The molecule has 1 aliphatic rings. The molecule has 2 N–H and O–H groups in total. The van der Waals surface area contributed by atoms with Crippen molar-refractivity contribution in [2.24, 2.45) is 0 Å². The fourth-order valence-corrected chi connectivity index (χ4v) is 3.29. The number of nitrogens with zero attached hydrogens (tertiary/aromatic N) is 4. The Bertz CT molecular complexity index is 948. The minimum Gasteiger partial charge on any atom is -0.478 e. The Labute approximate surface area is 167 Å². The van der Waals surface area contributed by atoms with Crippen LogP contribution in [-0.4, -0.2) is 53.6 Å². The molecule has 9 nitrogen and oxygen atoms in total. The van der Waals surface area contributed by atoms with Crippen molar-refractivity contribution in [3.63, 3.8) is 0 Å². The molecule has 0 amide bonds. The third-order valence-electron chi connectivity index (χ3n) is 4.89. The van der Waals surface area contributed by atoms with E-state index in [0.717, 1.165) is 43.6 Å². The molecule has 1 aliphatic heterocycles. The molecule has 1 heterocycles. The molecule has 0 bridgehead atoms. The summed E-state index contributed by atoms with van der Waals surface area (Å²) in [5, 5.41) is 32.3. The lowest BCUT2D eigenvalue weighted by Crippen LogP contribution is -2.46. The average Bonchev–Trinajstić information content (AvgIpc) is 2.73. The van der Waals surface area contributed by atoms with Crippen molar-refractivity contribution in [2.75, 3.05) is 42.9 Å². The molecule has 3 rings (SSSR count). The molecular formula is C20H21N5O4. The summed E-state index contributed by atoms with van der Waals surface area (Å²) < 4.78 is 0. The second kappa shape index (κ2) is 9.03. The van der Waals surface area contributed by atoms with Crippen molar-refractivity contribution >= 4 is 23.0 Å². The van der Waals surface area contributed by atoms with E-state index in [1.807, 2.05) is 24.3 Å². The van der Waals surface area contributed by atoms with E-state index in [2.05, 4.69) is 21.2 Å². The van der Waals surface area contributed by atoms with E-state index in [0.29, 0.717) is 12.1 Å². The number of nitro benzene ring substituents is 1. The van der Waals surface area contributed by atoms with Crippen LogP contribution >= 0.6 is 0 Å². The predicted octanol–water partition coefficient (Wildman–Crippen LogP) is 2.55. The SMILES string of the molecule is N#CCN1CCN(c2cccc(NCc3ccc(C(=O)O)cc3[N+](=O)[O-])c2)CC1. The van der Waals surface area contributed by atoms with Gasteiger partial charge in [0.05, 0.1) is 23.1 Å². The van der Waals surface area contributed by atoms with E-state index in [1.165, 1.54) is 12.1 Å². The zero-order chi connectivity index (χ0) is 20.8. The Kier molecular flexibility index (Phi) is 6.26. The van der Waals surface area contributed by atoms with Crippen LogP contribution in [0.3, 0.4) is 0 Å². The number of hydrogen-bond donors (Lipinski definition) is 2. The van der Waals surface area contributed by atoms with Gasteiger partial charge in [0.2, 0.25) is 0 Å². The van der Waals surface area contributed by atoms with Gasteiger partial charge < -0.3 is 15.3 Å². The Morgan fingerprint density at radius 1 is 1.21 bits per heavy atom. The number of nitriles is 1. The minimum absolute atomic E-state index is 0.113. The van der Waals surface area contributed by atoms with Crippen LogP contribution in [0.25, 0.3) is 0 Å². The number of piperazine rings is 1. The quantitative estimate of drug-likeness (QED) is 0.417. The first-order chi connectivity index (χ1) is 14.0. The van der Waals surface area contributed by atoms with E-state index in [-0.39, 0.29) is 17.8 Å². The van der Waals surface area contributed by atoms with Crippen molar-refractivity contribution in [2.45, 2.75) is 6.54 Å². The monoisotopic (exact) mass is 395 g/mol. The number of rotatable bonds is 7. The largest absolute Gasteiger partial charge is 0.478 e. The summed E-state index contributed by atoms with van der Waals surface area (Å²) in [6.45, 7) is 3.95. The van der Waals surface area contributed by atoms with Gasteiger partial charge in [0.25, 0.3) is 5.69 Å². The molecule has 9 heteroatoms. The molecular weight excluding hydrogens is 374 g/mol. The Hall–Kier alpha value is -3.64. The summed E-state index contributed by atoms with van der Waals surface area (Å²) in [5.74, 6) is -1.20. The number of carbonyl (C=O) groups is 1. The normalized spacial score (nSPS) is 14.2. The molecule has 0 spiro atoms. The van der Waals surface area contributed by atoms with Crippen LogP contribution in [0.5, 0.6) is 0 Å². The summed E-state index contributed by atoms with van der Waals surface area (Å²) in [6, 6.07) is 13.9. The molecule has 0 aliphatic carbocycles. The molecule has 29 heavy (non-hydrogen) atoms. The maximum Gasteiger partial charge on any atom is 0.335 e. The maximum absolute atomic E-state index is 11.3. The van der Waals surface area contributed by atoms with Gasteiger partial charge in [-0.05, 0) is 30.3 Å². The summed E-state index contributed by atoms with van der Waals surface area (Å²) in [4.78, 5) is 26.1. The van der Waals surface area contributed by atoms with Crippen LogP contribution in [0, 0.1) is 21.4 Å². The van der Waals surface area contributed by atoms with E-state index in [4.69, 9.17) is 10.4 Å². The highest BCUT2D eigenvalue weighted by Gasteiger charge is 2.18. The number of hydrogen-bond acceptors (Lipinski definition) is 7. The number of nitrogens with one attached hydrogen (secondary N) is 1. The smallest absolute Gasteiger partial charge is 0.335 e. The van der Waals surface area contributed by atoms with Gasteiger partial charge in [-0.1, -0.05) is 6.07 Å². The predicted molar refractivity (Wildman–Crippen MR) is 108 cm³/mol. The van der Waals surface area contributed by atoms with Gasteiger partial charge in [-0.25, -0.2) is 4.79 Å². The zero-order valence-corrected chi connectivity index (χ0v) is 15.7. The lowest BCUT2D eigenvalue weighted by Gasteiger charge is -2.35. The lowest BCUT2D eigenvalue weighted by atomic mass is 10.1. The topological polar surface area (TPSA) is 123 Å². The zero-order valence-electron chi connectivity index (χ0n) is 15.7. The average molecular weight is 395 g/mol. The second-order valence-corrected chi connectivity index (χ2v) is 6.73. The molecule has 0 radical (unpaired) electrons. The van der Waals surface area contributed by atoms with E-state index < -0.39 is 10.9 Å².